The minimum absolute atomic E-state index is 0.758. The fraction of sp³-hybridized carbons (Fsp3) is 0.500. The van der Waals surface area contributed by atoms with E-state index in [9.17, 15) is 0 Å². The van der Waals surface area contributed by atoms with Gasteiger partial charge in [0.25, 0.3) is 0 Å². The molecule has 0 radical (unpaired) electrons. The Kier molecular flexibility index (Phi) is 8.66. The molecule has 5 heteroatoms. The maximum absolute atomic E-state index is 6.09. The molecule has 4 nitrogen and oxygen atoms in total. The fourth-order valence-electron chi connectivity index (χ4n) is 3.78. The SMILES string of the molecule is CCCc1cc(OC)ccc1OCCCN1CCN(Cc2ccc(Cl)cc2)CC1. The second-order valence-electron chi connectivity index (χ2n) is 7.67. The maximum atomic E-state index is 6.09. The lowest BCUT2D eigenvalue weighted by molar-refractivity contribution is 0.121. The third-order valence-electron chi connectivity index (χ3n) is 5.45. The summed E-state index contributed by atoms with van der Waals surface area (Å²) >= 11 is 5.97. The number of nitrogens with zero attached hydrogens (tertiary/aromatic N) is 2. The van der Waals surface area contributed by atoms with E-state index in [0.717, 1.165) is 81.7 Å². The van der Waals surface area contributed by atoms with Gasteiger partial charge in [0.1, 0.15) is 11.5 Å². The average Bonchev–Trinajstić information content (AvgIpc) is 2.75. The van der Waals surface area contributed by atoms with Gasteiger partial charge in [-0.1, -0.05) is 37.1 Å². The standard InChI is InChI=1S/C24H33ClN2O2/c1-3-5-21-18-23(28-2)10-11-24(21)29-17-4-12-26-13-15-27(16-14-26)19-20-6-8-22(25)9-7-20/h6-11,18H,3-5,12-17,19H2,1-2H3. The van der Waals surface area contributed by atoms with Crippen molar-refractivity contribution in [2.45, 2.75) is 32.7 Å². The first kappa shape index (κ1) is 21.9. The molecule has 0 aromatic heterocycles. The number of aryl methyl sites for hydroxylation is 1. The molecule has 0 unspecified atom stereocenters. The number of benzene rings is 2. The summed E-state index contributed by atoms with van der Waals surface area (Å²) in [5.74, 6) is 1.90. The van der Waals surface area contributed by atoms with Crippen LogP contribution < -0.4 is 9.47 Å². The molecule has 0 saturated carbocycles. The van der Waals surface area contributed by atoms with Crippen LogP contribution in [0.25, 0.3) is 0 Å². The summed E-state index contributed by atoms with van der Waals surface area (Å²) in [5, 5.41) is 0.803. The van der Waals surface area contributed by atoms with E-state index in [4.69, 9.17) is 21.1 Å². The number of hydrogen-bond acceptors (Lipinski definition) is 4. The van der Waals surface area contributed by atoms with Gasteiger partial charge in [-0.25, -0.2) is 0 Å². The van der Waals surface area contributed by atoms with Crippen molar-refractivity contribution in [1.82, 2.24) is 9.80 Å². The number of piperazine rings is 1. The van der Waals surface area contributed by atoms with E-state index in [1.54, 1.807) is 7.11 Å². The Balaban J connectivity index is 1.36. The van der Waals surface area contributed by atoms with Crippen LogP contribution >= 0.6 is 11.6 Å². The average molecular weight is 417 g/mol. The Morgan fingerprint density at radius 2 is 1.69 bits per heavy atom. The van der Waals surface area contributed by atoms with Crippen LogP contribution in [0, 0.1) is 0 Å². The van der Waals surface area contributed by atoms with Gasteiger partial charge in [0.2, 0.25) is 0 Å². The minimum Gasteiger partial charge on any atom is -0.497 e. The summed E-state index contributed by atoms with van der Waals surface area (Å²) in [6.07, 6.45) is 3.17. The third-order valence-corrected chi connectivity index (χ3v) is 5.70. The van der Waals surface area contributed by atoms with Gasteiger partial charge in [0.05, 0.1) is 13.7 Å². The van der Waals surface area contributed by atoms with Crippen molar-refractivity contribution in [3.63, 3.8) is 0 Å². The Labute approximate surface area is 180 Å². The lowest BCUT2D eigenvalue weighted by atomic mass is 10.1. The van der Waals surface area contributed by atoms with Gasteiger partial charge >= 0.3 is 0 Å². The second-order valence-corrected chi connectivity index (χ2v) is 8.11. The molecule has 2 aromatic carbocycles. The minimum atomic E-state index is 0.758. The van der Waals surface area contributed by atoms with Crippen LogP contribution in [0.4, 0.5) is 0 Å². The van der Waals surface area contributed by atoms with Gasteiger partial charge in [-0.2, -0.15) is 0 Å². The molecule has 0 amide bonds. The molecule has 1 saturated heterocycles. The number of methoxy groups -OCH3 is 1. The summed E-state index contributed by atoms with van der Waals surface area (Å²) in [7, 11) is 1.71. The van der Waals surface area contributed by atoms with Gasteiger partial charge in [0.15, 0.2) is 0 Å². The zero-order valence-electron chi connectivity index (χ0n) is 17.7. The first-order valence-electron chi connectivity index (χ1n) is 10.7. The van der Waals surface area contributed by atoms with Crippen molar-refractivity contribution in [1.29, 1.82) is 0 Å². The van der Waals surface area contributed by atoms with E-state index in [1.165, 1.54) is 11.1 Å². The first-order chi connectivity index (χ1) is 14.2. The molecule has 1 aliphatic heterocycles. The molecule has 0 N–H and O–H groups in total. The highest BCUT2D eigenvalue weighted by Crippen LogP contribution is 2.25. The molecule has 0 atom stereocenters. The molecule has 0 aliphatic carbocycles. The molecule has 2 aromatic rings. The predicted molar refractivity (Wildman–Crippen MR) is 120 cm³/mol. The molecule has 1 aliphatic rings. The summed E-state index contributed by atoms with van der Waals surface area (Å²) in [6, 6.07) is 14.3. The molecule has 158 valence electrons. The topological polar surface area (TPSA) is 24.9 Å². The van der Waals surface area contributed by atoms with Crippen LogP contribution in [0.3, 0.4) is 0 Å². The smallest absolute Gasteiger partial charge is 0.122 e. The van der Waals surface area contributed by atoms with Crippen molar-refractivity contribution < 1.29 is 9.47 Å². The highest BCUT2D eigenvalue weighted by Gasteiger charge is 2.16. The molecule has 29 heavy (non-hydrogen) atoms. The van der Waals surface area contributed by atoms with Gasteiger partial charge in [-0.05, 0) is 54.3 Å². The van der Waals surface area contributed by atoms with E-state index in [0.29, 0.717) is 0 Å². The Hall–Kier alpha value is -1.75. The summed E-state index contributed by atoms with van der Waals surface area (Å²) in [5.41, 5.74) is 2.57. The fourth-order valence-corrected chi connectivity index (χ4v) is 3.90. The molecular weight excluding hydrogens is 384 g/mol. The summed E-state index contributed by atoms with van der Waals surface area (Å²) < 4.78 is 11.4. The Bertz CT molecular complexity index is 743. The molecule has 1 heterocycles. The van der Waals surface area contributed by atoms with Crippen molar-refractivity contribution in [2.24, 2.45) is 0 Å². The van der Waals surface area contributed by atoms with Gasteiger partial charge in [-0.15, -0.1) is 0 Å². The normalized spacial score (nSPS) is 15.4. The Morgan fingerprint density at radius 3 is 2.38 bits per heavy atom. The van der Waals surface area contributed by atoms with Crippen molar-refractivity contribution >= 4 is 11.6 Å². The van der Waals surface area contributed by atoms with E-state index in [2.05, 4.69) is 34.9 Å². The molecule has 0 spiro atoms. The van der Waals surface area contributed by atoms with E-state index >= 15 is 0 Å². The zero-order valence-corrected chi connectivity index (χ0v) is 18.5. The van der Waals surface area contributed by atoms with Crippen LogP contribution in [-0.4, -0.2) is 56.2 Å². The third kappa shape index (κ3) is 6.91. The van der Waals surface area contributed by atoms with Gasteiger partial charge in [0, 0.05) is 44.3 Å². The number of ether oxygens (including phenoxy) is 2. The van der Waals surface area contributed by atoms with E-state index in [1.807, 2.05) is 24.3 Å². The van der Waals surface area contributed by atoms with Crippen molar-refractivity contribution in [3.8, 4) is 11.5 Å². The highest BCUT2D eigenvalue weighted by molar-refractivity contribution is 6.30. The number of rotatable bonds is 10. The van der Waals surface area contributed by atoms with E-state index < -0.39 is 0 Å². The van der Waals surface area contributed by atoms with Crippen LogP contribution in [-0.2, 0) is 13.0 Å². The van der Waals surface area contributed by atoms with Crippen LogP contribution in [0.2, 0.25) is 5.02 Å². The Morgan fingerprint density at radius 1 is 0.966 bits per heavy atom. The highest BCUT2D eigenvalue weighted by atomic mass is 35.5. The number of halogens is 1. The quantitative estimate of drug-likeness (QED) is 0.515. The maximum Gasteiger partial charge on any atom is 0.122 e. The van der Waals surface area contributed by atoms with Crippen molar-refractivity contribution in [2.75, 3.05) is 46.4 Å². The zero-order chi connectivity index (χ0) is 20.5. The van der Waals surface area contributed by atoms with Crippen LogP contribution in [0.5, 0.6) is 11.5 Å². The van der Waals surface area contributed by atoms with Crippen LogP contribution in [0.15, 0.2) is 42.5 Å². The molecule has 1 fully saturated rings. The summed E-state index contributed by atoms with van der Waals surface area (Å²) in [6.45, 7) is 9.52. The van der Waals surface area contributed by atoms with Gasteiger partial charge < -0.3 is 14.4 Å². The largest absolute Gasteiger partial charge is 0.497 e. The van der Waals surface area contributed by atoms with E-state index in [-0.39, 0.29) is 0 Å². The first-order valence-corrected chi connectivity index (χ1v) is 11.0. The van der Waals surface area contributed by atoms with Gasteiger partial charge in [-0.3, -0.25) is 4.90 Å². The lowest BCUT2D eigenvalue weighted by Gasteiger charge is -2.34. The molecular formula is C24H33ClN2O2. The second kappa shape index (κ2) is 11.4. The van der Waals surface area contributed by atoms with Crippen molar-refractivity contribution in [3.05, 3.63) is 58.6 Å². The molecule has 0 bridgehead atoms. The van der Waals surface area contributed by atoms with Crippen LogP contribution in [0.1, 0.15) is 30.9 Å². The lowest BCUT2D eigenvalue weighted by Crippen LogP contribution is -2.46. The summed E-state index contributed by atoms with van der Waals surface area (Å²) in [4.78, 5) is 5.06. The molecule has 3 rings (SSSR count). The predicted octanol–water partition coefficient (Wildman–Crippen LogP) is 4.89. The number of hydrogen-bond donors (Lipinski definition) is 0. The monoisotopic (exact) mass is 416 g/mol.